The van der Waals surface area contributed by atoms with Crippen LogP contribution in [0, 0.1) is 0 Å². The third kappa shape index (κ3) is 5.84. The zero-order valence-electron chi connectivity index (χ0n) is 28.4. The normalized spacial score (nSPS) is 12.0. The summed E-state index contributed by atoms with van der Waals surface area (Å²) in [5.41, 5.74) is 10.1. The smallest absolute Gasteiger partial charge is 0.151 e. The van der Waals surface area contributed by atoms with Gasteiger partial charge in [0.25, 0.3) is 0 Å². The largest absolute Gasteiger partial charge is 0.507 e. The Morgan fingerprint density at radius 3 is 2.00 bits per heavy atom. The highest BCUT2D eigenvalue weighted by Gasteiger charge is 2.25. The Balaban J connectivity index is 1.49. The second-order valence-corrected chi connectivity index (χ2v) is 19.5. The monoisotopic (exact) mass is 644 g/mol. The third-order valence-corrected chi connectivity index (χ3v) is 11.0. The maximum Gasteiger partial charge on any atom is 0.151 e. The van der Waals surface area contributed by atoms with Crippen molar-refractivity contribution in [3.63, 3.8) is 0 Å². The molecule has 0 amide bonds. The van der Waals surface area contributed by atoms with Crippen molar-refractivity contribution in [3.8, 4) is 56.3 Å². The van der Waals surface area contributed by atoms with Crippen molar-refractivity contribution in [1.82, 2.24) is 19.5 Å². The van der Waals surface area contributed by atoms with Gasteiger partial charge in [-0.05, 0) is 69.8 Å². The summed E-state index contributed by atoms with van der Waals surface area (Å²) < 4.78 is 2.13. The summed E-state index contributed by atoms with van der Waals surface area (Å²) in [5.74, 6) is 0.843. The number of benzene rings is 4. The van der Waals surface area contributed by atoms with Gasteiger partial charge in [-0.25, -0.2) is 4.98 Å². The summed E-state index contributed by atoms with van der Waals surface area (Å²) in [5, 5.41) is 13.0. The molecular formula is C42H40N4OSi. The molecule has 238 valence electrons. The number of aromatic nitrogens is 4. The molecule has 3 aromatic heterocycles. The van der Waals surface area contributed by atoms with Crippen molar-refractivity contribution in [3.05, 3.63) is 133 Å². The number of fused-ring (bicyclic) bond motifs is 1. The van der Waals surface area contributed by atoms with Crippen LogP contribution in [0.5, 0.6) is 5.75 Å². The minimum absolute atomic E-state index is 0.202. The van der Waals surface area contributed by atoms with Gasteiger partial charge in [-0.1, -0.05) is 107 Å². The summed E-state index contributed by atoms with van der Waals surface area (Å²) in [6.45, 7) is 13.3. The molecule has 3 heterocycles. The molecule has 0 saturated carbocycles. The average Bonchev–Trinajstić information content (AvgIpc) is 3.48. The molecule has 1 N–H and O–H groups in total. The van der Waals surface area contributed by atoms with Crippen LogP contribution in [0.4, 0.5) is 0 Å². The number of aromatic hydroxyl groups is 1. The Hall–Kier alpha value is -5.33. The summed E-state index contributed by atoms with van der Waals surface area (Å²) in [6.07, 6.45) is 5.52. The van der Waals surface area contributed by atoms with E-state index in [-0.39, 0.29) is 11.2 Å². The molecule has 0 aliphatic heterocycles. The van der Waals surface area contributed by atoms with Gasteiger partial charge >= 0.3 is 0 Å². The van der Waals surface area contributed by atoms with E-state index in [0.29, 0.717) is 11.4 Å². The number of hydrogen-bond donors (Lipinski definition) is 1. The lowest BCUT2D eigenvalue weighted by Crippen LogP contribution is -2.37. The van der Waals surface area contributed by atoms with Gasteiger partial charge in [0.15, 0.2) is 5.82 Å². The number of rotatable bonds is 6. The molecule has 0 aliphatic carbocycles. The van der Waals surface area contributed by atoms with Crippen molar-refractivity contribution in [1.29, 1.82) is 0 Å². The Kier molecular flexibility index (Phi) is 7.84. The first-order chi connectivity index (χ1) is 23.0. The highest BCUT2D eigenvalue weighted by molar-refractivity contribution is 6.88. The molecule has 5 nitrogen and oxygen atoms in total. The maximum atomic E-state index is 11.7. The van der Waals surface area contributed by atoms with Crippen LogP contribution in [0.25, 0.3) is 61.6 Å². The number of imidazole rings is 1. The lowest BCUT2D eigenvalue weighted by atomic mass is 9.86. The van der Waals surface area contributed by atoms with Gasteiger partial charge in [0.1, 0.15) is 5.75 Å². The molecule has 6 heteroatoms. The zero-order valence-corrected chi connectivity index (χ0v) is 29.4. The van der Waals surface area contributed by atoms with E-state index in [1.807, 2.05) is 24.3 Å². The quantitative estimate of drug-likeness (QED) is 0.183. The maximum absolute atomic E-state index is 11.7. The Morgan fingerprint density at radius 1 is 0.646 bits per heavy atom. The number of pyridine rings is 2. The van der Waals surface area contributed by atoms with Crippen molar-refractivity contribution in [2.45, 2.75) is 45.8 Å². The molecule has 0 atom stereocenters. The van der Waals surface area contributed by atoms with Crippen LogP contribution in [-0.2, 0) is 5.41 Å². The first-order valence-corrected chi connectivity index (χ1v) is 19.9. The molecule has 4 aromatic carbocycles. The molecule has 7 aromatic rings. The Bertz CT molecular complexity index is 2250. The first kappa shape index (κ1) is 31.3. The fraction of sp³-hybridized carbons (Fsp3) is 0.167. The molecule has 0 radical (unpaired) electrons. The van der Waals surface area contributed by atoms with Crippen molar-refractivity contribution >= 4 is 24.3 Å². The Labute approximate surface area is 283 Å². The SMILES string of the molecule is CC(C)(C)c1cncc(-c2nc3c(-c4cc(-c5ccccc5)cc(-c5ccc([Si](C)(C)C)cn5)c4)cccc3n2-c2ccccc2)c1O. The van der Waals surface area contributed by atoms with Crippen LogP contribution in [0.3, 0.4) is 0 Å². The van der Waals surface area contributed by atoms with Crippen molar-refractivity contribution in [2.24, 2.45) is 0 Å². The van der Waals surface area contributed by atoms with E-state index in [4.69, 9.17) is 9.97 Å². The van der Waals surface area contributed by atoms with Crippen LogP contribution in [-0.4, -0.2) is 32.7 Å². The van der Waals surface area contributed by atoms with E-state index >= 15 is 0 Å². The lowest BCUT2D eigenvalue weighted by Gasteiger charge is -2.21. The van der Waals surface area contributed by atoms with Crippen LogP contribution < -0.4 is 5.19 Å². The van der Waals surface area contributed by atoms with E-state index in [0.717, 1.165) is 55.8 Å². The van der Waals surface area contributed by atoms with Gasteiger partial charge in [0.2, 0.25) is 0 Å². The van der Waals surface area contributed by atoms with Gasteiger partial charge in [-0.2, -0.15) is 0 Å². The molecule has 0 fully saturated rings. The first-order valence-electron chi connectivity index (χ1n) is 16.4. The molecule has 0 bridgehead atoms. The predicted molar refractivity (Wildman–Crippen MR) is 202 cm³/mol. The summed E-state index contributed by atoms with van der Waals surface area (Å²) in [4.78, 5) is 14.8. The highest BCUT2D eigenvalue weighted by atomic mass is 28.3. The van der Waals surface area contributed by atoms with E-state index in [1.165, 1.54) is 5.19 Å². The fourth-order valence-electron chi connectivity index (χ4n) is 6.25. The zero-order chi connectivity index (χ0) is 33.6. The molecule has 0 spiro atoms. The van der Waals surface area contributed by atoms with Gasteiger partial charge < -0.3 is 5.11 Å². The fourth-order valence-corrected chi connectivity index (χ4v) is 7.29. The molecule has 0 saturated heterocycles. The van der Waals surface area contributed by atoms with E-state index in [9.17, 15) is 5.11 Å². The molecule has 7 rings (SSSR count). The van der Waals surface area contributed by atoms with Crippen LogP contribution in [0.1, 0.15) is 26.3 Å². The van der Waals surface area contributed by atoms with Gasteiger partial charge in [-0.15, -0.1) is 0 Å². The molecule has 48 heavy (non-hydrogen) atoms. The highest BCUT2D eigenvalue weighted by Crippen LogP contribution is 2.41. The number of nitrogens with zero attached hydrogens (tertiary/aromatic N) is 4. The number of para-hydroxylation sites is 2. The summed E-state index contributed by atoms with van der Waals surface area (Å²) >= 11 is 0. The number of hydrogen-bond acceptors (Lipinski definition) is 4. The van der Waals surface area contributed by atoms with Gasteiger partial charge in [-0.3, -0.25) is 14.5 Å². The minimum atomic E-state index is -1.49. The Morgan fingerprint density at radius 2 is 1.33 bits per heavy atom. The predicted octanol–water partition coefficient (Wildman–Crippen LogP) is 10.0. The second kappa shape index (κ2) is 12.0. The van der Waals surface area contributed by atoms with Crippen LogP contribution >= 0.6 is 0 Å². The summed E-state index contributed by atoms with van der Waals surface area (Å²) in [6, 6.07) is 38.1. The van der Waals surface area contributed by atoms with Crippen molar-refractivity contribution in [2.75, 3.05) is 0 Å². The van der Waals surface area contributed by atoms with E-state index in [2.05, 4.69) is 141 Å². The van der Waals surface area contributed by atoms with Gasteiger partial charge in [0, 0.05) is 41.0 Å². The van der Waals surface area contributed by atoms with Crippen LogP contribution in [0.15, 0.2) is 128 Å². The molecule has 0 unspecified atom stereocenters. The average molecular weight is 645 g/mol. The topological polar surface area (TPSA) is 63.8 Å². The molecular weight excluding hydrogens is 605 g/mol. The standard InChI is InChI=1S/C42H40N4OSi/c1-42(2,3)36-27-43-26-35(40(36)47)41-45-39-34(18-13-19-38(39)46(41)32-16-11-8-12-17-32)30-22-29(28-14-9-7-10-15-28)23-31(24-30)37-21-20-33(25-44-37)48(4,5)6/h7-27H,1-6H3,(H,43,47). The lowest BCUT2D eigenvalue weighted by molar-refractivity contribution is 0.446. The third-order valence-electron chi connectivity index (χ3n) is 8.94. The van der Waals surface area contributed by atoms with E-state index in [1.54, 1.807) is 12.4 Å². The minimum Gasteiger partial charge on any atom is -0.507 e. The van der Waals surface area contributed by atoms with Gasteiger partial charge in [0.05, 0.1) is 30.4 Å². The van der Waals surface area contributed by atoms with Crippen LogP contribution in [0.2, 0.25) is 19.6 Å². The van der Waals surface area contributed by atoms with E-state index < -0.39 is 8.07 Å². The summed E-state index contributed by atoms with van der Waals surface area (Å²) in [7, 11) is -1.49. The molecule has 0 aliphatic rings. The second-order valence-electron chi connectivity index (χ2n) is 14.5. The van der Waals surface area contributed by atoms with Crippen molar-refractivity contribution < 1.29 is 5.11 Å².